The van der Waals surface area contributed by atoms with Crippen molar-refractivity contribution in [2.75, 3.05) is 24.5 Å². The summed E-state index contributed by atoms with van der Waals surface area (Å²) in [5, 5.41) is 3.50. The second kappa shape index (κ2) is 4.94. The van der Waals surface area contributed by atoms with Gasteiger partial charge in [-0.25, -0.2) is 4.39 Å². The van der Waals surface area contributed by atoms with E-state index in [0.717, 1.165) is 36.2 Å². The first-order valence-electron chi connectivity index (χ1n) is 5.93. The normalized spacial score (nSPS) is 20.1. The average molecular weight is 301 g/mol. The molecule has 1 aliphatic rings. The van der Waals surface area contributed by atoms with E-state index in [1.54, 1.807) is 12.1 Å². The van der Waals surface area contributed by atoms with Gasteiger partial charge in [-0.2, -0.15) is 0 Å². The van der Waals surface area contributed by atoms with Gasteiger partial charge in [-0.3, -0.25) is 0 Å². The largest absolute Gasteiger partial charge is 0.369 e. The van der Waals surface area contributed by atoms with Crippen molar-refractivity contribution in [1.82, 2.24) is 5.32 Å². The molecule has 0 aliphatic carbocycles. The molecule has 94 valence electrons. The highest BCUT2D eigenvalue weighted by Gasteiger charge is 2.25. The molecular formula is C13H18BrFN2. The fourth-order valence-corrected chi connectivity index (χ4v) is 2.74. The number of benzene rings is 1. The van der Waals surface area contributed by atoms with E-state index in [1.165, 1.54) is 6.07 Å². The van der Waals surface area contributed by atoms with Crippen molar-refractivity contribution in [3.05, 3.63) is 28.5 Å². The number of nitrogens with one attached hydrogen (secondary N) is 1. The van der Waals surface area contributed by atoms with Gasteiger partial charge in [0.15, 0.2) is 0 Å². The Balaban J connectivity index is 2.28. The van der Waals surface area contributed by atoms with Crippen LogP contribution in [-0.4, -0.2) is 25.2 Å². The molecule has 0 aromatic heterocycles. The fourth-order valence-electron chi connectivity index (χ4n) is 2.24. The number of anilines is 1. The topological polar surface area (TPSA) is 15.3 Å². The van der Waals surface area contributed by atoms with Crippen LogP contribution in [0.2, 0.25) is 0 Å². The molecule has 0 spiro atoms. The highest BCUT2D eigenvalue weighted by atomic mass is 79.9. The fraction of sp³-hybridized carbons (Fsp3) is 0.538. The first-order chi connectivity index (χ1) is 7.98. The van der Waals surface area contributed by atoms with E-state index in [1.807, 2.05) is 0 Å². The molecule has 1 saturated heterocycles. The van der Waals surface area contributed by atoms with Crippen LogP contribution in [0.5, 0.6) is 0 Å². The van der Waals surface area contributed by atoms with Gasteiger partial charge in [-0.15, -0.1) is 0 Å². The molecule has 1 N–H and O–H groups in total. The lowest BCUT2D eigenvalue weighted by Gasteiger charge is -2.32. The summed E-state index contributed by atoms with van der Waals surface area (Å²) in [4.78, 5) is 2.24. The molecule has 17 heavy (non-hydrogen) atoms. The van der Waals surface area contributed by atoms with Gasteiger partial charge in [-0.05, 0) is 60.9 Å². The lowest BCUT2D eigenvalue weighted by atomic mass is 10.1. The van der Waals surface area contributed by atoms with Crippen molar-refractivity contribution >= 4 is 21.6 Å². The molecule has 0 saturated carbocycles. The minimum atomic E-state index is -0.182. The molecule has 1 aromatic rings. The molecule has 0 bridgehead atoms. The van der Waals surface area contributed by atoms with Crippen LogP contribution in [0.15, 0.2) is 22.7 Å². The Morgan fingerprint density at radius 1 is 1.41 bits per heavy atom. The quantitative estimate of drug-likeness (QED) is 0.857. The van der Waals surface area contributed by atoms with E-state index in [-0.39, 0.29) is 11.4 Å². The minimum Gasteiger partial charge on any atom is -0.369 e. The van der Waals surface area contributed by atoms with Gasteiger partial charge in [-0.1, -0.05) is 0 Å². The van der Waals surface area contributed by atoms with Crippen molar-refractivity contribution in [2.45, 2.75) is 25.8 Å². The van der Waals surface area contributed by atoms with Crippen molar-refractivity contribution in [3.8, 4) is 0 Å². The third-order valence-corrected chi connectivity index (χ3v) is 3.71. The summed E-state index contributed by atoms with van der Waals surface area (Å²) in [5.74, 6) is -0.182. The van der Waals surface area contributed by atoms with Crippen LogP contribution in [0.1, 0.15) is 20.3 Å². The third kappa shape index (κ3) is 3.19. The molecule has 2 nitrogen and oxygen atoms in total. The van der Waals surface area contributed by atoms with Crippen LogP contribution in [-0.2, 0) is 0 Å². The van der Waals surface area contributed by atoms with E-state index in [4.69, 9.17) is 0 Å². The predicted octanol–water partition coefficient (Wildman–Crippen LogP) is 3.17. The first kappa shape index (κ1) is 12.8. The van der Waals surface area contributed by atoms with Crippen LogP contribution in [0, 0.1) is 5.82 Å². The number of nitrogens with zero attached hydrogens (tertiary/aromatic N) is 1. The van der Waals surface area contributed by atoms with Gasteiger partial charge in [0.2, 0.25) is 0 Å². The number of halogens is 2. The smallest absolute Gasteiger partial charge is 0.125 e. The van der Waals surface area contributed by atoms with Gasteiger partial charge < -0.3 is 10.2 Å². The van der Waals surface area contributed by atoms with E-state index in [9.17, 15) is 4.39 Å². The second-order valence-corrected chi connectivity index (χ2v) is 6.04. The Kier molecular flexibility index (Phi) is 3.73. The molecule has 1 aliphatic heterocycles. The third-order valence-electron chi connectivity index (χ3n) is 3.04. The van der Waals surface area contributed by atoms with Crippen LogP contribution in [0.3, 0.4) is 0 Å². The Labute approximate surface area is 110 Å². The molecule has 2 rings (SSSR count). The zero-order chi connectivity index (χ0) is 12.5. The van der Waals surface area contributed by atoms with Crippen molar-refractivity contribution in [3.63, 3.8) is 0 Å². The summed E-state index contributed by atoms with van der Waals surface area (Å²) in [5.41, 5.74) is 1.00. The van der Waals surface area contributed by atoms with E-state index in [2.05, 4.69) is 40.0 Å². The van der Waals surface area contributed by atoms with Crippen molar-refractivity contribution in [1.29, 1.82) is 0 Å². The van der Waals surface area contributed by atoms with Crippen LogP contribution in [0.4, 0.5) is 10.1 Å². The average Bonchev–Trinajstić information content (AvgIpc) is 2.43. The van der Waals surface area contributed by atoms with E-state index in [0.29, 0.717) is 0 Å². The number of hydrogen-bond acceptors (Lipinski definition) is 2. The molecule has 1 aromatic carbocycles. The molecule has 4 heteroatoms. The van der Waals surface area contributed by atoms with Crippen molar-refractivity contribution in [2.24, 2.45) is 0 Å². The summed E-state index contributed by atoms with van der Waals surface area (Å²) < 4.78 is 14.3. The first-order valence-corrected chi connectivity index (χ1v) is 6.72. The molecule has 1 fully saturated rings. The Hall–Kier alpha value is -0.610. The lowest BCUT2D eigenvalue weighted by Crippen LogP contribution is -2.46. The highest BCUT2D eigenvalue weighted by Crippen LogP contribution is 2.29. The molecule has 0 atom stereocenters. The zero-order valence-electron chi connectivity index (χ0n) is 10.3. The zero-order valence-corrected chi connectivity index (χ0v) is 11.8. The van der Waals surface area contributed by atoms with Gasteiger partial charge in [0.25, 0.3) is 0 Å². The molecular weight excluding hydrogens is 283 g/mol. The number of rotatable bonds is 1. The molecule has 0 radical (unpaired) electrons. The Morgan fingerprint density at radius 2 is 2.18 bits per heavy atom. The maximum absolute atomic E-state index is 13.3. The van der Waals surface area contributed by atoms with Crippen LogP contribution < -0.4 is 10.2 Å². The van der Waals surface area contributed by atoms with Gasteiger partial charge >= 0.3 is 0 Å². The Bertz CT molecular complexity index is 406. The van der Waals surface area contributed by atoms with Crippen LogP contribution in [0.25, 0.3) is 0 Å². The summed E-state index contributed by atoms with van der Waals surface area (Å²) in [7, 11) is 0. The Morgan fingerprint density at radius 3 is 2.94 bits per heavy atom. The van der Waals surface area contributed by atoms with E-state index >= 15 is 0 Å². The SMILES string of the molecule is CC1(C)CN(c2cc(F)ccc2Br)CCCN1. The van der Waals surface area contributed by atoms with Gasteiger partial charge in [0, 0.05) is 23.1 Å². The number of hydrogen-bond donors (Lipinski definition) is 1. The van der Waals surface area contributed by atoms with Gasteiger partial charge in [0.1, 0.15) is 5.82 Å². The maximum Gasteiger partial charge on any atom is 0.125 e. The predicted molar refractivity (Wildman–Crippen MR) is 73.0 cm³/mol. The summed E-state index contributed by atoms with van der Waals surface area (Å²) in [6.07, 6.45) is 1.08. The lowest BCUT2D eigenvalue weighted by molar-refractivity contribution is 0.416. The van der Waals surface area contributed by atoms with E-state index < -0.39 is 0 Å². The summed E-state index contributed by atoms with van der Waals surface area (Å²) in [6, 6.07) is 4.86. The van der Waals surface area contributed by atoms with Crippen molar-refractivity contribution < 1.29 is 4.39 Å². The second-order valence-electron chi connectivity index (χ2n) is 5.18. The minimum absolute atomic E-state index is 0.0578. The molecule has 0 amide bonds. The van der Waals surface area contributed by atoms with Crippen LogP contribution >= 0.6 is 15.9 Å². The maximum atomic E-state index is 13.3. The summed E-state index contributed by atoms with van der Waals surface area (Å²) in [6.45, 7) is 7.21. The molecule has 0 unspecified atom stereocenters. The standard InChI is InChI=1S/C13H18BrFN2/c1-13(2)9-17(7-3-6-16-13)12-8-10(15)4-5-11(12)14/h4-5,8,16H,3,6-7,9H2,1-2H3. The highest BCUT2D eigenvalue weighted by molar-refractivity contribution is 9.10. The monoisotopic (exact) mass is 300 g/mol. The van der Waals surface area contributed by atoms with Gasteiger partial charge in [0.05, 0.1) is 5.69 Å². The summed E-state index contributed by atoms with van der Waals surface area (Å²) >= 11 is 3.50. The molecule has 1 heterocycles.